The van der Waals surface area contributed by atoms with Crippen LogP contribution in [0.15, 0.2) is 41.2 Å². The summed E-state index contributed by atoms with van der Waals surface area (Å²) in [6.45, 7) is 3.61. The van der Waals surface area contributed by atoms with Crippen molar-refractivity contribution in [3.8, 4) is 5.69 Å². The molecule has 4 rings (SSSR count). The summed E-state index contributed by atoms with van der Waals surface area (Å²) in [5.41, 5.74) is 0.516. The van der Waals surface area contributed by atoms with Crippen LogP contribution in [0, 0.1) is 5.41 Å². The molecule has 2 aromatic rings. The molecule has 8 nitrogen and oxygen atoms in total. The van der Waals surface area contributed by atoms with E-state index in [4.69, 9.17) is 0 Å². The summed E-state index contributed by atoms with van der Waals surface area (Å²) < 4.78 is 1.36. The zero-order valence-electron chi connectivity index (χ0n) is 16.5. The molecule has 2 amide bonds. The fraction of sp³-hybridized carbons (Fsp3) is 0.476. The number of hydrogen-bond donors (Lipinski definition) is 2. The minimum absolute atomic E-state index is 0.0264. The minimum atomic E-state index is -0.522. The summed E-state index contributed by atoms with van der Waals surface area (Å²) in [4.78, 5) is 40.5. The van der Waals surface area contributed by atoms with Crippen molar-refractivity contribution in [3.05, 3.63) is 52.4 Å². The van der Waals surface area contributed by atoms with Crippen LogP contribution in [-0.2, 0) is 4.79 Å². The number of aliphatic hydroxyl groups is 1. The van der Waals surface area contributed by atoms with E-state index in [-0.39, 0.29) is 28.5 Å². The van der Waals surface area contributed by atoms with E-state index in [2.05, 4.69) is 5.10 Å². The lowest BCUT2D eigenvalue weighted by molar-refractivity contribution is -0.137. The summed E-state index contributed by atoms with van der Waals surface area (Å²) in [5.74, 6) is -0.229. The predicted molar refractivity (Wildman–Crippen MR) is 107 cm³/mol. The number of aromatic amines is 1. The summed E-state index contributed by atoms with van der Waals surface area (Å²) in [7, 11) is 0. The second-order valence-corrected chi connectivity index (χ2v) is 8.23. The molecule has 1 unspecified atom stereocenters. The van der Waals surface area contributed by atoms with Crippen molar-refractivity contribution >= 4 is 11.8 Å². The van der Waals surface area contributed by atoms with Crippen molar-refractivity contribution in [1.29, 1.82) is 0 Å². The Labute approximate surface area is 168 Å². The maximum absolute atomic E-state index is 12.9. The Morgan fingerprint density at radius 2 is 1.83 bits per heavy atom. The molecule has 1 atom stereocenters. The van der Waals surface area contributed by atoms with E-state index in [1.165, 1.54) is 17.7 Å². The number of rotatable bonds is 2. The first-order valence-electron chi connectivity index (χ1n) is 9.97. The molecule has 2 saturated heterocycles. The number of amides is 2. The van der Waals surface area contributed by atoms with Gasteiger partial charge in [-0.05, 0) is 36.8 Å². The van der Waals surface area contributed by atoms with Crippen molar-refractivity contribution in [2.24, 2.45) is 5.41 Å². The number of benzene rings is 1. The quantitative estimate of drug-likeness (QED) is 0.789. The first-order valence-corrected chi connectivity index (χ1v) is 9.97. The van der Waals surface area contributed by atoms with Crippen LogP contribution >= 0.6 is 0 Å². The Kier molecular flexibility index (Phi) is 5.04. The van der Waals surface area contributed by atoms with E-state index in [0.717, 1.165) is 12.8 Å². The van der Waals surface area contributed by atoms with Crippen LogP contribution in [0.25, 0.3) is 5.69 Å². The molecule has 0 bridgehead atoms. The number of nitrogens with zero attached hydrogens (tertiary/aromatic N) is 3. The van der Waals surface area contributed by atoms with E-state index in [9.17, 15) is 19.5 Å². The Balaban J connectivity index is 1.46. The molecule has 1 aromatic carbocycles. The third kappa shape index (κ3) is 3.85. The molecule has 2 N–H and O–H groups in total. The number of nitrogens with one attached hydrogen (secondary N) is 1. The maximum atomic E-state index is 12.9. The highest BCUT2D eigenvalue weighted by Crippen LogP contribution is 2.40. The molecule has 0 aliphatic carbocycles. The fourth-order valence-electron chi connectivity index (χ4n) is 4.58. The number of likely N-dealkylation sites (tertiary alicyclic amines) is 2. The SMILES string of the molecule is CC(=O)N1CC(O)CC2(CCN(C(=O)c3cc(=O)n(-c4ccccc4)[nH]3)CC2)C1. The van der Waals surface area contributed by atoms with Gasteiger partial charge in [0, 0.05) is 39.2 Å². The predicted octanol–water partition coefficient (Wildman–Crippen LogP) is 1.00. The van der Waals surface area contributed by atoms with Crippen molar-refractivity contribution in [2.45, 2.75) is 32.3 Å². The van der Waals surface area contributed by atoms with Crippen LogP contribution in [0.1, 0.15) is 36.7 Å². The molecule has 2 aliphatic heterocycles. The lowest BCUT2D eigenvalue weighted by Crippen LogP contribution is -2.55. The van der Waals surface area contributed by atoms with Gasteiger partial charge in [-0.2, -0.15) is 0 Å². The van der Waals surface area contributed by atoms with Crippen LogP contribution in [0.2, 0.25) is 0 Å². The lowest BCUT2D eigenvalue weighted by atomic mass is 9.71. The number of aliphatic hydroxyl groups excluding tert-OH is 1. The van der Waals surface area contributed by atoms with Gasteiger partial charge in [-0.15, -0.1) is 0 Å². The molecule has 2 aliphatic rings. The Hall–Kier alpha value is -2.87. The van der Waals surface area contributed by atoms with Crippen LogP contribution < -0.4 is 5.56 Å². The van der Waals surface area contributed by atoms with Crippen LogP contribution in [0.4, 0.5) is 0 Å². The topological polar surface area (TPSA) is 98.6 Å². The van der Waals surface area contributed by atoms with Gasteiger partial charge >= 0.3 is 0 Å². The van der Waals surface area contributed by atoms with Gasteiger partial charge < -0.3 is 14.9 Å². The number of piperidine rings is 2. The van der Waals surface area contributed by atoms with Gasteiger partial charge in [-0.3, -0.25) is 19.5 Å². The van der Waals surface area contributed by atoms with E-state index >= 15 is 0 Å². The molecule has 3 heterocycles. The first kappa shape index (κ1) is 19.4. The molecular weight excluding hydrogens is 372 g/mol. The standard InChI is InChI=1S/C21H26N4O4/c1-15(26)24-13-17(27)12-21(14-24)7-9-23(10-8-21)20(29)18-11-19(28)25(22-18)16-5-3-2-4-6-16/h2-6,11,17,22,27H,7-10,12-14H2,1H3. The lowest BCUT2D eigenvalue weighted by Gasteiger charge is -2.48. The number of carbonyl (C=O) groups is 2. The van der Waals surface area contributed by atoms with E-state index in [0.29, 0.717) is 38.3 Å². The van der Waals surface area contributed by atoms with Crippen molar-refractivity contribution < 1.29 is 14.7 Å². The molecule has 154 valence electrons. The maximum Gasteiger partial charge on any atom is 0.271 e. The van der Waals surface area contributed by atoms with Crippen molar-refractivity contribution in [3.63, 3.8) is 0 Å². The second-order valence-electron chi connectivity index (χ2n) is 8.23. The smallest absolute Gasteiger partial charge is 0.271 e. The third-order valence-corrected chi connectivity index (χ3v) is 6.15. The van der Waals surface area contributed by atoms with E-state index in [1.807, 2.05) is 18.2 Å². The minimum Gasteiger partial charge on any atom is -0.391 e. The highest BCUT2D eigenvalue weighted by atomic mass is 16.3. The van der Waals surface area contributed by atoms with E-state index in [1.54, 1.807) is 21.9 Å². The summed E-state index contributed by atoms with van der Waals surface area (Å²) in [6.07, 6.45) is 1.58. The van der Waals surface area contributed by atoms with Crippen LogP contribution in [-0.4, -0.2) is 68.8 Å². The van der Waals surface area contributed by atoms with E-state index < -0.39 is 6.10 Å². The number of aromatic nitrogens is 2. The van der Waals surface area contributed by atoms with Gasteiger partial charge in [0.15, 0.2) is 0 Å². The molecular formula is C21H26N4O4. The second kappa shape index (κ2) is 7.51. The fourth-order valence-corrected chi connectivity index (χ4v) is 4.58. The highest BCUT2D eigenvalue weighted by molar-refractivity contribution is 5.92. The largest absolute Gasteiger partial charge is 0.391 e. The average Bonchev–Trinajstić information content (AvgIpc) is 3.10. The average molecular weight is 398 g/mol. The normalized spacial score (nSPS) is 21.4. The molecule has 0 radical (unpaired) electrons. The third-order valence-electron chi connectivity index (χ3n) is 6.15. The van der Waals surface area contributed by atoms with Crippen LogP contribution in [0.5, 0.6) is 0 Å². The van der Waals surface area contributed by atoms with Gasteiger partial charge in [-0.1, -0.05) is 18.2 Å². The number of H-pyrrole nitrogens is 1. The van der Waals surface area contributed by atoms with Gasteiger partial charge in [0.05, 0.1) is 11.8 Å². The molecule has 29 heavy (non-hydrogen) atoms. The van der Waals surface area contributed by atoms with Crippen molar-refractivity contribution in [1.82, 2.24) is 19.6 Å². The molecule has 0 saturated carbocycles. The zero-order chi connectivity index (χ0) is 20.6. The highest BCUT2D eigenvalue weighted by Gasteiger charge is 2.43. The monoisotopic (exact) mass is 398 g/mol. The Bertz CT molecular complexity index is 957. The summed E-state index contributed by atoms with van der Waals surface area (Å²) >= 11 is 0. The molecule has 2 fully saturated rings. The number of para-hydroxylation sites is 1. The number of hydrogen-bond acceptors (Lipinski definition) is 4. The first-order chi connectivity index (χ1) is 13.9. The Morgan fingerprint density at radius 1 is 1.14 bits per heavy atom. The summed E-state index contributed by atoms with van der Waals surface area (Å²) in [5, 5.41) is 13.1. The zero-order valence-corrected chi connectivity index (χ0v) is 16.5. The van der Waals surface area contributed by atoms with Crippen molar-refractivity contribution in [2.75, 3.05) is 26.2 Å². The summed E-state index contributed by atoms with van der Waals surface area (Å²) in [6, 6.07) is 10.5. The number of β-amino-alcohol motifs (C(OH)–C–C–N with tert-alkyl or cyclic N) is 1. The molecule has 1 spiro atoms. The van der Waals surface area contributed by atoms with Gasteiger partial charge in [0.2, 0.25) is 5.91 Å². The molecule has 1 aromatic heterocycles. The molecule has 8 heteroatoms. The van der Waals surface area contributed by atoms with Gasteiger partial charge in [-0.25, -0.2) is 4.68 Å². The Morgan fingerprint density at radius 3 is 2.48 bits per heavy atom. The number of carbonyl (C=O) groups excluding carboxylic acids is 2. The van der Waals surface area contributed by atoms with Gasteiger partial charge in [0.25, 0.3) is 11.5 Å². The van der Waals surface area contributed by atoms with Gasteiger partial charge in [0.1, 0.15) is 5.69 Å². The van der Waals surface area contributed by atoms with Crippen LogP contribution in [0.3, 0.4) is 0 Å².